The number of aromatic nitrogens is 1. The fourth-order valence-electron chi connectivity index (χ4n) is 2.15. The number of likely N-dealkylation sites (tertiary alicyclic amines) is 1. The summed E-state index contributed by atoms with van der Waals surface area (Å²) in [4.78, 5) is 2.38. The van der Waals surface area contributed by atoms with Gasteiger partial charge in [-0.1, -0.05) is 12.1 Å². The predicted octanol–water partition coefficient (Wildman–Crippen LogP) is 1.50. The van der Waals surface area contributed by atoms with Crippen molar-refractivity contribution in [2.75, 3.05) is 13.1 Å². The molecule has 1 aromatic rings. The lowest BCUT2D eigenvalue weighted by Gasteiger charge is -2.14. The Morgan fingerprint density at radius 3 is 2.88 bits per heavy atom. The number of nitrogens with zero attached hydrogens (tertiary/aromatic N) is 2. The largest absolute Gasteiger partial charge is 0.361 e. The van der Waals surface area contributed by atoms with E-state index in [0.29, 0.717) is 6.04 Å². The zero-order chi connectivity index (χ0) is 10.8. The van der Waals surface area contributed by atoms with Gasteiger partial charge in [0.05, 0.1) is 5.69 Å². The highest BCUT2D eigenvalue weighted by atomic mass is 35.5. The Morgan fingerprint density at radius 2 is 2.31 bits per heavy atom. The van der Waals surface area contributed by atoms with Crippen molar-refractivity contribution in [2.24, 2.45) is 5.73 Å². The Hall–Kier alpha value is -0.580. The van der Waals surface area contributed by atoms with E-state index in [2.05, 4.69) is 17.0 Å². The van der Waals surface area contributed by atoms with Gasteiger partial charge in [0.2, 0.25) is 0 Å². The fourth-order valence-corrected chi connectivity index (χ4v) is 2.15. The van der Waals surface area contributed by atoms with Crippen molar-refractivity contribution in [3.63, 3.8) is 0 Å². The molecule has 1 aromatic heterocycles. The number of nitrogens with two attached hydrogens (primary N) is 1. The van der Waals surface area contributed by atoms with Gasteiger partial charge in [0, 0.05) is 31.2 Å². The Kier molecular flexibility index (Phi) is 4.77. The molecule has 2 rings (SSSR count). The minimum atomic E-state index is 0. The molecule has 92 valence electrons. The molecule has 0 bridgehead atoms. The summed E-state index contributed by atoms with van der Waals surface area (Å²) in [5.41, 5.74) is 8.23. The van der Waals surface area contributed by atoms with E-state index in [9.17, 15) is 0 Å². The van der Waals surface area contributed by atoms with Crippen LogP contribution in [0, 0.1) is 6.92 Å². The van der Waals surface area contributed by atoms with Crippen LogP contribution in [0.15, 0.2) is 4.52 Å². The Labute approximate surface area is 103 Å². The number of halogens is 1. The molecule has 4 nitrogen and oxygen atoms in total. The van der Waals surface area contributed by atoms with E-state index in [0.717, 1.165) is 43.9 Å². The monoisotopic (exact) mass is 245 g/mol. The van der Waals surface area contributed by atoms with Gasteiger partial charge < -0.3 is 10.3 Å². The Morgan fingerprint density at radius 1 is 1.56 bits per heavy atom. The van der Waals surface area contributed by atoms with Crippen LogP contribution in [0.1, 0.15) is 30.4 Å². The Balaban J connectivity index is 0.00000128. The van der Waals surface area contributed by atoms with Crippen molar-refractivity contribution in [3.8, 4) is 0 Å². The van der Waals surface area contributed by atoms with Gasteiger partial charge >= 0.3 is 0 Å². The number of aryl methyl sites for hydroxylation is 2. The molecule has 0 saturated carbocycles. The third kappa shape index (κ3) is 2.75. The molecule has 0 spiro atoms. The molecule has 0 radical (unpaired) electrons. The van der Waals surface area contributed by atoms with E-state index in [1.807, 2.05) is 6.92 Å². The first-order valence-corrected chi connectivity index (χ1v) is 5.62. The van der Waals surface area contributed by atoms with E-state index >= 15 is 0 Å². The second-order valence-electron chi connectivity index (χ2n) is 4.30. The van der Waals surface area contributed by atoms with Gasteiger partial charge in [0.15, 0.2) is 0 Å². The lowest BCUT2D eigenvalue weighted by Crippen LogP contribution is -2.26. The Bertz CT molecular complexity index is 340. The van der Waals surface area contributed by atoms with Gasteiger partial charge in [-0.05, 0) is 19.8 Å². The van der Waals surface area contributed by atoms with E-state index in [4.69, 9.17) is 10.3 Å². The topological polar surface area (TPSA) is 55.3 Å². The average Bonchev–Trinajstić information content (AvgIpc) is 2.76. The molecule has 5 heteroatoms. The van der Waals surface area contributed by atoms with Gasteiger partial charge in [0.25, 0.3) is 0 Å². The first-order valence-electron chi connectivity index (χ1n) is 5.62. The van der Waals surface area contributed by atoms with Crippen molar-refractivity contribution in [1.29, 1.82) is 0 Å². The quantitative estimate of drug-likeness (QED) is 0.877. The van der Waals surface area contributed by atoms with Crippen LogP contribution in [-0.4, -0.2) is 29.2 Å². The number of rotatable bonds is 3. The molecule has 0 aliphatic carbocycles. The molecule has 1 aliphatic rings. The molecule has 1 fully saturated rings. The molecule has 2 heterocycles. The molecule has 2 N–H and O–H groups in total. The average molecular weight is 246 g/mol. The van der Waals surface area contributed by atoms with Crippen LogP contribution in [0.5, 0.6) is 0 Å². The molecule has 0 amide bonds. The van der Waals surface area contributed by atoms with Crippen LogP contribution >= 0.6 is 12.4 Å². The SMILES string of the molecule is CCc1noc(C)c1CN1CC[C@@H](N)C1.Cl. The minimum Gasteiger partial charge on any atom is -0.361 e. The highest BCUT2D eigenvalue weighted by Crippen LogP contribution is 2.19. The minimum absolute atomic E-state index is 0. The smallest absolute Gasteiger partial charge is 0.138 e. The lowest BCUT2D eigenvalue weighted by atomic mass is 10.1. The molecular weight excluding hydrogens is 226 g/mol. The highest BCUT2D eigenvalue weighted by Gasteiger charge is 2.22. The number of hydrogen-bond donors (Lipinski definition) is 1. The van der Waals surface area contributed by atoms with Crippen LogP contribution in [0.2, 0.25) is 0 Å². The summed E-state index contributed by atoms with van der Waals surface area (Å²) in [5, 5.41) is 4.06. The van der Waals surface area contributed by atoms with E-state index in [1.165, 1.54) is 5.56 Å². The zero-order valence-electron chi connectivity index (χ0n) is 9.90. The molecule has 0 aromatic carbocycles. The maximum absolute atomic E-state index is 5.88. The van der Waals surface area contributed by atoms with Crippen molar-refractivity contribution >= 4 is 12.4 Å². The van der Waals surface area contributed by atoms with Gasteiger partial charge in [-0.3, -0.25) is 4.90 Å². The lowest BCUT2D eigenvalue weighted by molar-refractivity contribution is 0.322. The molecule has 16 heavy (non-hydrogen) atoms. The predicted molar refractivity (Wildman–Crippen MR) is 65.7 cm³/mol. The second-order valence-corrected chi connectivity index (χ2v) is 4.30. The van der Waals surface area contributed by atoms with E-state index < -0.39 is 0 Å². The van der Waals surface area contributed by atoms with Crippen molar-refractivity contribution in [3.05, 3.63) is 17.0 Å². The summed E-state index contributed by atoms with van der Waals surface area (Å²) in [5.74, 6) is 0.951. The maximum atomic E-state index is 5.88. The van der Waals surface area contributed by atoms with E-state index in [1.54, 1.807) is 0 Å². The first kappa shape index (κ1) is 13.5. The van der Waals surface area contributed by atoms with E-state index in [-0.39, 0.29) is 12.4 Å². The van der Waals surface area contributed by atoms with Crippen LogP contribution in [0.3, 0.4) is 0 Å². The highest BCUT2D eigenvalue weighted by molar-refractivity contribution is 5.85. The summed E-state index contributed by atoms with van der Waals surface area (Å²) >= 11 is 0. The fraction of sp³-hybridized carbons (Fsp3) is 0.727. The normalized spacial score (nSPS) is 21.1. The summed E-state index contributed by atoms with van der Waals surface area (Å²) in [6, 6.07) is 0.343. The van der Waals surface area contributed by atoms with Gasteiger partial charge in [-0.25, -0.2) is 0 Å². The maximum Gasteiger partial charge on any atom is 0.138 e. The van der Waals surface area contributed by atoms with Crippen LogP contribution in [-0.2, 0) is 13.0 Å². The standard InChI is InChI=1S/C11H19N3O.ClH/c1-3-11-10(8(2)15-13-11)7-14-5-4-9(12)6-14;/h9H,3-7,12H2,1-2H3;1H/t9-;/m1./s1. The van der Waals surface area contributed by atoms with Crippen LogP contribution in [0.4, 0.5) is 0 Å². The molecular formula is C11H20ClN3O. The summed E-state index contributed by atoms with van der Waals surface area (Å²) in [7, 11) is 0. The summed E-state index contributed by atoms with van der Waals surface area (Å²) in [6.07, 6.45) is 2.04. The molecule has 0 unspecified atom stereocenters. The van der Waals surface area contributed by atoms with Crippen LogP contribution in [0.25, 0.3) is 0 Å². The number of hydrogen-bond acceptors (Lipinski definition) is 4. The zero-order valence-corrected chi connectivity index (χ0v) is 10.7. The van der Waals surface area contributed by atoms with Crippen molar-refractivity contribution < 1.29 is 4.52 Å². The van der Waals surface area contributed by atoms with Crippen LogP contribution < -0.4 is 5.73 Å². The second kappa shape index (κ2) is 5.66. The third-order valence-electron chi connectivity index (χ3n) is 3.09. The van der Waals surface area contributed by atoms with Gasteiger partial charge in [0.1, 0.15) is 5.76 Å². The van der Waals surface area contributed by atoms with Crippen molar-refractivity contribution in [1.82, 2.24) is 10.1 Å². The molecule has 1 aliphatic heterocycles. The van der Waals surface area contributed by atoms with Crippen molar-refractivity contribution in [2.45, 2.75) is 39.3 Å². The van der Waals surface area contributed by atoms with Gasteiger partial charge in [-0.2, -0.15) is 0 Å². The molecule has 1 saturated heterocycles. The third-order valence-corrected chi connectivity index (χ3v) is 3.09. The molecule has 1 atom stereocenters. The summed E-state index contributed by atoms with van der Waals surface area (Å²) in [6.45, 7) is 7.11. The summed E-state index contributed by atoms with van der Waals surface area (Å²) < 4.78 is 5.22. The van der Waals surface area contributed by atoms with Gasteiger partial charge in [-0.15, -0.1) is 12.4 Å². The first-order chi connectivity index (χ1) is 7.20.